The van der Waals surface area contributed by atoms with E-state index in [0.717, 1.165) is 18.2 Å². The van der Waals surface area contributed by atoms with Crippen LogP contribution in [0.4, 0.5) is 0 Å². The van der Waals surface area contributed by atoms with Crippen LogP contribution < -0.4 is 98.9 Å². The summed E-state index contributed by atoms with van der Waals surface area (Å²) in [5.74, 6) is -2.41. The van der Waals surface area contributed by atoms with E-state index < -0.39 is 32.6 Å². The molecule has 12 heteroatoms. The minimum atomic E-state index is -4.68. The molecule has 0 unspecified atom stereocenters. The third-order valence-corrected chi connectivity index (χ3v) is 3.07. The summed E-state index contributed by atoms with van der Waals surface area (Å²) in [6, 6.07) is 5.25. The minimum absolute atomic E-state index is 0. The Morgan fingerprint density at radius 2 is 1.73 bits per heavy atom. The van der Waals surface area contributed by atoms with E-state index >= 15 is 0 Å². The zero-order valence-electron chi connectivity index (χ0n) is 12.1. The van der Waals surface area contributed by atoms with Crippen LogP contribution >= 0.6 is 0 Å². The first-order chi connectivity index (χ1) is 8.79. The number of nitrogens with zero attached hydrogens (tertiary/aromatic N) is 2. The van der Waals surface area contributed by atoms with Gasteiger partial charge in [0.15, 0.2) is 0 Å². The van der Waals surface area contributed by atoms with Gasteiger partial charge in [0, 0.05) is 0 Å². The third kappa shape index (κ3) is 5.91. The number of benzene rings is 1. The van der Waals surface area contributed by atoms with E-state index in [1.807, 2.05) is 0 Å². The van der Waals surface area contributed by atoms with Crippen LogP contribution in [0, 0.1) is 0 Å². The predicted octanol–water partition coefficient (Wildman–Crippen LogP) is -10.8. The van der Waals surface area contributed by atoms with Crippen molar-refractivity contribution in [3.63, 3.8) is 0 Å². The van der Waals surface area contributed by atoms with E-state index in [9.17, 15) is 28.0 Å². The van der Waals surface area contributed by atoms with Gasteiger partial charge in [0.2, 0.25) is 0 Å². The Balaban J connectivity index is 0. The second-order valence-electron chi connectivity index (χ2n) is 3.52. The van der Waals surface area contributed by atoms with Gasteiger partial charge in [-0.3, -0.25) is 0 Å². The van der Waals surface area contributed by atoms with Crippen molar-refractivity contribution < 1.29 is 117 Å². The van der Waals surface area contributed by atoms with Crippen molar-refractivity contribution in [2.75, 3.05) is 0 Å². The molecule has 0 N–H and O–H groups in total. The molecule has 0 radical (unpaired) electrons. The molecule has 0 aliphatic heterocycles. The van der Waals surface area contributed by atoms with Crippen molar-refractivity contribution >= 4 is 16.1 Å². The molecule has 2 aromatic rings. The smallest absolute Gasteiger partial charge is 0.859 e. The quantitative estimate of drug-likeness (QED) is 0.396. The van der Waals surface area contributed by atoms with Gasteiger partial charge in [-0.25, -0.2) is 13.1 Å². The molecule has 0 aliphatic rings. The van der Waals surface area contributed by atoms with Gasteiger partial charge < -0.3 is 19.6 Å². The van der Waals surface area contributed by atoms with Crippen LogP contribution in [-0.2, 0) is 10.1 Å². The average Bonchev–Trinajstić information content (AvgIpc) is 2.71. The summed E-state index contributed by atoms with van der Waals surface area (Å²) in [5.41, 5.74) is -0.616. The minimum Gasteiger partial charge on any atom is -0.859 e. The first-order valence-electron chi connectivity index (χ1n) is 4.84. The SMILES string of the molecule is O=C([O-])c1cc([O-])n(-c2cccc(S(=O)(=O)[O-])c2)n1.[Na+].[Na+].[Na+]. The van der Waals surface area contributed by atoms with Gasteiger partial charge in [-0.05, 0) is 30.1 Å². The second kappa shape index (κ2) is 9.80. The van der Waals surface area contributed by atoms with Gasteiger partial charge in [-0.1, -0.05) is 6.07 Å². The Kier molecular flexibility index (Phi) is 11.1. The molecular formula is C10H5N2Na3O6S. The zero-order valence-corrected chi connectivity index (χ0v) is 19.0. The maximum absolute atomic E-state index is 11.5. The van der Waals surface area contributed by atoms with Crippen LogP contribution in [0.3, 0.4) is 0 Å². The molecule has 1 aromatic carbocycles. The van der Waals surface area contributed by atoms with E-state index in [4.69, 9.17) is 0 Å². The van der Waals surface area contributed by atoms with Crippen LogP contribution in [0.5, 0.6) is 5.88 Å². The Hall–Kier alpha value is 0.610. The molecule has 8 nitrogen and oxygen atoms in total. The van der Waals surface area contributed by atoms with E-state index in [0.29, 0.717) is 4.68 Å². The number of hydrogen-bond acceptors (Lipinski definition) is 7. The molecule has 0 fully saturated rings. The molecule has 0 amide bonds. The van der Waals surface area contributed by atoms with Crippen molar-refractivity contribution in [1.29, 1.82) is 0 Å². The summed E-state index contributed by atoms with van der Waals surface area (Å²) >= 11 is 0. The molecule has 1 heterocycles. The standard InChI is InChI=1S/C10H8N2O6S.3Na/c13-9-5-8(10(14)15)11-12(9)6-2-1-3-7(4-6)19(16,17)18;;;/h1-5,13H,(H,14,15)(H,16,17,18);;;/q;3*+1/p-3. The van der Waals surface area contributed by atoms with E-state index in [1.165, 1.54) is 12.1 Å². The maximum Gasteiger partial charge on any atom is 1.00 e. The number of carboxylic acids is 1. The monoisotopic (exact) mass is 350 g/mol. The number of rotatable bonds is 3. The summed E-state index contributed by atoms with van der Waals surface area (Å²) in [6.45, 7) is 0. The second-order valence-corrected chi connectivity index (χ2v) is 4.90. The van der Waals surface area contributed by atoms with Gasteiger partial charge in [0.25, 0.3) is 0 Å². The Bertz CT molecular complexity index is 762. The molecule has 0 saturated carbocycles. The number of carboxylic acid groups (broad SMARTS) is 1. The van der Waals surface area contributed by atoms with Crippen molar-refractivity contribution in [3.05, 3.63) is 36.0 Å². The van der Waals surface area contributed by atoms with E-state index in [1.54, 1.807) is 0 Å². The summed E-state index contributed by atoms with van der Waals surface area (Å²) < 4.78 is 33.2. The van der Waals surface area contributed by atoms with Gasteiger partial charge >= 0.3 is 88.7 Å². The molecular weight excluding hydrogens is 345 g/mol. The van der Waals surface area contributed by atoms with Crippen LogP contribution in [0.15, 0.2) is 35.2 Å². The van der Waals surface area contributed by atoms with Crippen LogP contribution in [-0.4, -0.2) is 28.7 Å². The Labute approximate surface area is 192 Å². The topological polar surface area (TPSA) is 138 Å². The molecule has 0 saturated heterocycles. The zero-order chi connectivity index (χ0) is 14.2. The van der Waals surface area contributed by atoms with E-state index in [-0.39, 0.29) is 94.4 Å². The number of carbonyl (C=O) groups excluding carboxylic acids is 1. The Morgan fingerprint density at radius 1 is 1.14 bits per heavy atom. The summed E-state index contributed by atoms with van der Waals surface area (Å²) in [5, 5.41) is 25.5. The van der Waals surface area contributed by atoms with Crippen molar-refractivity contribution in [3.8, 4) is 11.6 Å². The molecule has 22 heavy (non-hydrogen) atoms. The summed E-state index contributed by atoms with van der Waals surface area (Å²) in [4.78, 5) is 10.0. The summed E-state index contributed by atoms with van der Waals surface area (Å²) in [6.07, 6.45) is 0. The van der Waals surface area contributed by atoms with Gasteiger partial charge in [-0.15, -0.1) is 0 Å². The first-order valence-corrected chi connectivity index (χ1v) is 6.24. The molecule has 0 atom stereocenters. The normalized spacial score (nSPS) is 9.86. The summed E-state index contributed by atoms with van der Waals surface area (Å²) in [7, 11) is -4.68. The molecule has 100 valence electrons. The molecule has 0 bridgehead atoms. The molecule has 1 aromatic heterocycles. The molecule has 0 aliphatic carbocycles. The van der Waals surface area contributed by atoms with Gasteiger partial charge in [0.05, 0.1) is 16.6 Å². The van der Waals surface area contributed by atoms with Crippen molar-refractivity contribution in [2.45, 2.75) is 4.90 Å². The van der Waals surface area contributed by atoms with Gasteiger partial charge in [-0.2, -0.15) is 5.10 Å². The maximum atomic E-state index is 11.5. The fourth-order valence-electron chi connectivity index (χ4n) is 1.42. The Morgan fingerprint density at radius 3 is 2.18 bits per heavy atom. The fourth-order valence-corrected chi connectivity index (χ4v) is 1.93. The van der Waals surface area contributed by atoms with Crippen LogP contribution in [0.2, 0.25) is 0 Å². The number of carbonyl (C=O) groups is 1. The largest absolute Gasteiger partial charge is 1.00 e. The number of aromatic nitrogens is 2. The third-order valence-electron chi connectivity index (χ3n) is 2.24. The molecule has 0 spiro atoms. The molecule has 2 rings (SSSR count). The first kappa shape index (κ1) is 24.9. The van der Waals surface area contributed by atoms with Crippen molar-refractivity contribution in [2.24, 2.45) is 0 Å². The van der Waals surface area contributed by atoms with E-state index in [2.05, 4.69) is 5.10 Å². The van der Waals surface area contributed by atoms with Crippen LogP contribution in [0.1, 0.15) is 10.5 Å². The average molecular weight is 350 g/mol. The predicted molar refractivity (Wildman–Crippen MR) is 55.3 cm³/mol. The number of hydrogen-bond donors (Lipinski definition) is 0. The van der Waals surface area contributed by atoms with Gasteiger partial charge in [0.1, 0.15) is 15.8 Å². The van der Waals surface area contributed by atoms with Crippen LogP contribution in [0.25, 0.3) is 5.69 Å². The fraction of sp³-hybridized carbons (Fsp3) is 0. The number of aromatic carboxylic acids is 1. The van der Waals surface area contributed by atoms with Crippen molar-refractivity contribution in [1.82, 2.24) is 9.78 Å².